The second-order valence-electron chi connectivity index (χ2n) is 5.58. The van der Waals surface area contributed by atoms with E-state index in [1.807, 2.05) is 32.0 Å². The second kappa shape index (κ2) is 6.36. The van der Waals surface area contributed by atoms with Crippen LogP contribution in [0.2, 0.25) is 0 Å². The molecule has 0 amide bonds. The Labute approximate surface area is 133 Å². The lowest BCUT2D eigenvalue weighted by Crippen LogP contribution is -2.21. The summed E-state index contributed by atoms with van der Waals surface area (Å²) in [6.45, 7) is 4.08. The third kappa shape index (κ3) is 3.39. The zero-order valence-electron chi connectivity index (χ0n) is 13.0. The zero-order valence-corrected chi connectivity index (χ0v) is 13.9. The van der Waals surface area contributed by atoms with Gasteiger partial charge in [-0.15, -0.1) is 11.3 Å². The Kier molecular flexibility index (Phi) is 4.71. The number of hydrogen-bond acceptors (Lipinski definition) is 5. The maximum atomic E-state index is 11.0. The molecule has 0 aliphatic heterocycles. The van der Waals surface area contributed by atoms with Gasteiger partial charge in [0.1, 0.15) is 11.5 Å². The summed E-state index contributed by atoms with van der Waals surface area (Å²) in [6, 6.07) is 5.66. The zero-order chi connectivity index (χ0) is 16.3. The van der Waals surface area contributed by atoms with Gasteiger partial charge >= 0.3 is 5.97 Å². The topological polar surface area (TPSA) is 68.7 Å². The van der Waals surface area contributed by atoms with E-state index < -0.39 is 5.97 Å². The standard InChI is InChI=1S/C16H19NO4S/c1-16(2,15-17-12(9-22-15)14(18)19)8-10-7-11(20-3)5-6-13(10)21-4/h5-7,9H,8H2,1-4H3,(H,18,19). The number of aromatic nitrogens is 1. The van der Waals surface area contributed by atoms with E-state index in [2.05, 4.69) is 4.98 Å². The van der Waals surface area contributed by atoms with Crippen molar-refractivity contribution in [3.05, 3.63) is 39.8 Å². The van der Waals surface area contributed by atoms with Gasteiger partial charge in [-0.2, -0.15) is 0 Å². The van der Waals surface area contributed by atoms with Gasteiger partial charge in [0.15, 0.2) is 5.69 Å². The number of ether oxygens (including phenoxy) is 2. The molecule has 0 unspecified atom stereocenters. The number of nitrogens with zero attached hydrogens (tertiary/aromatic N) is 1. The molecular weight excluding hydrogens is 302 g/mol. The van der Waals surface area contributed by atoms with E-state index in [0.29, 0.717) is 6.42 Å². The first-order chi connectivity index (χ1) is 10.4. The van der Waals surface area contributed by atoms with E-state index in [1.54, 1.807) is 19.6 Å². The molecule has 0 saturated heterocycles. The molecule has 2 rings (SSSR count). The molecule has 118 valence electrons. The maximum absolute atomic E-state index is 11.0. The van der Waals surface area contributed by atoms with E-state index in [9.17, 15) is 4.79 Å². The molecule has 1 aromatic heterocycles. The van der Waals surface area contributed by atoms with E-state index in [-0.39, 0.29) is 11.1 Å². The van der Waals surface area contributed by atoms with Gasteiger partial charge in [-0.25, -0.2) is 9.78 Å². The molecule has 1 aromatic carbocycles. The number of benzene rings is 1. The van der Waals surface area contributed by atoms with E-state index in [1.165, 1.54) is 11.3 Å². The Bertz CT molecular complexity index is 679. The Morgan fingerprint density at radius 2 is 2.05 bits per heavy atom. The van der Waals surface area contributed by atoms with Crippen molar-refractivity contribution in [3.8, 4) is 11.5 Å². The predicted molar refractivity (Wildman–Crippen MR) is 85.3 cm³/mol. The number of methoxy groups -OCH3 is 2. The average Bonchev–Trinajstić information content (AvgIpc) is 2.97. The molecule has 6 heteroatoms. The van der Waals surface area contributed by atoms with Crippen molar-refractivity contribution in [2.75, 3.05) is 14.2 Å². The summed E-state index contributed by atoms with van der Waals surface area (Å²) in [6.07, 6.45) is 0.667. The molecule has 1 N–H and O–H groups in total. The van der Waals surface area contributed by atoms with Crippen LogP contribution in [0.3, 0.4) is 0 Å². The van der Waals surface area contributed by atoms with Crippen molar-refractivity contribution in [2.45, 2.75) is 25.7 Å². The third-order valence-electron chi connectivity index (χ3n) is 3.42. The Balaban J connectivity index is 2.32. The highest BCUT2D eigenvalue weighted by Crippen LogP contribution is 2.34. The first-order valence-electron chi connectivity index (χ1n) is 6.77. The van der Waals surface area contributed by atoms with Crippen LogP contribution in [0.15, 0.2) is 23.6 Å². The second-order valence-corrected chi connectivity index (χ2v) is 6.44. The summed E-state index contributed by atoms with van der Waals surface area (Å²) in [5.74, 6) is 0.540. The molecule has 0 aliphatic rings. The van der Waals surface area contributed by atoms with Gasteiger partial charge in [-0.05, 0) is 30.2 Å². The molecule has 5 nitrogen and oxygen atoms in total. The van der Waals surface area contributed by atoms with Crippen molar-refractivity contribution >= 4 is 17.3 Å². The molecule has 0 fully saturated rings. The van der Waals surface area contributed by atoms with Gasteiger partial charge in [0.2, 0.25) is 0 Å². The van der Waals surface area contributed by atoms with E-state index in [0.717, 1.165) is 22.1 Å². The molecule has 0 bridgehead atoms. The van der Waals surface area contributed by atoms with E-state index in [4.69, 9.17) is 14.6 Å². The first-order valence-corrected chi connectivity index (χ1v) is 7.65. The van der Waals surface area contributed by atoms with Crippen LogP contribution in [-0.4, -0.2) is 30.3 Å². The normalized spacial score (nSPS) is 11.3. The maximum Gasteiger partial charge on any atom is 0.355 e. The molecule has 2 aromatic rings. The fourth-order valence-electron chi connectivity index (χ4n) is 2.25. The monoisotopic (exact) mass is 321 g/mol. The van der Waals surface area contributed by atoms with Crippen LogP contribution in [-0.2, 0) is 11.8 Å². The molecule has 0 radical (unpaired) electrons. The number of rotatable bonds is 6. The quantitative estimate of drug-likeness (QED) is 0.883. The van der Waals surface area contributed by atoms with Gasteiger partial charge in [0.05, 0.1) is 19.2 Å². The van der Waals surface area contributed by atoms with Crippen LogP contribution in [0.25, 0.3) is 0 Å². The van der Waals surface area contributed by atoms with Crippen LogP contribution in [0.1, 0.15) is 34.9 Å². The highest BCUT2D eigenvalue weighted by atomic mass is 32.1. The van der Waals surface area contributed by atoms with Crippen molar-refractivity contribution in [1.29, 1.82) is 0 Å². The lowest BCUT2D eigenvalue weighted by molar-refractivity contribution is 0.0691. The van der Waals surface area contributed by atoms with Crippen LogP contribution in [0, 0.1) is 0 Å². The number of carboxylic acids is 1. The minimum atomic E-state index is -1.00. The predicted octanol–water partition coefficient (Wildman–Crippen LogP) is 3.38. The summed E-state index contributed by atoms with van der Waals surface area (Å²) in [5.41, 5.74) is 0.780. The molecule has 0 atom stereocenters. The largest absolute Gasteiger partial charge is 0.497 e. The number of hydrogen-bond donors (Lipinski definition) is 1. The van der Waals surface area contributed by atoms with Crippen molar-refractivity contribution in [1.82, 2.24) is 4.98 Å². The number of thiazole rings is 1. The minimum Gasteiger partial charge on any atom is -0.497 e. The fourth-order valence-corrected chi connectivity index (χ4v) is 3.17. The van der Waals surface area contributed by atoms with Gasteiger partial charge in [0, 0.05) is 10.8 Å². The van der Waals surface area contributed by atoms with Crippen molar-refractivity contribution in [2.24, 2.45) is 0 Å². The highest BCUT2D eigenvalue weighted by Gasteiger charge is 2.27. The highest BCUT2D eigenvalue weighted by molar-refractivity contribution is 7.10. The Morgan fingerprint density at radius 1 is 1.32 bits per heavy atom. The van der Waals surface area contributed by atoms with E-state index >= 15 is 0 Å². The average molecular weight is 321 g/mol. The van der Waals surface area contributed by atoms with Crippen molar-refractivity contribution in [3.63, 3.8) is 0 Å². The Hall–Kier alpha value is -2.08. The smallest absolute Gasteiger partial charge is 0.355 e. The van der Waals surface area contributed by atoms with Crippen LogP contribution in [0.5, 0.6) is 11.5 Å². The van der Waals surface area contributed by atoms with Crippen LogP contribution >= 0.6 is 11.3 Å². The molecule has 22 heavy (non-hydrogen) atoms. The fraction of sp³-hybridized carbons (Fsp3) is 0.375. The van der Waals surface area contributed by atoms with Crippen LogP contribution in [0.4, 0.5) is 0 Å². The van der Waals surface area contributed by atoms with Gasteiger partial charge < -0.3 is 14.6 Å². The van der Waals surface area contributed by atoms with Gasteiger partial charge in [-0.1, -0.05) is 13.8 Å². The molecule has 0 spiro atoms. The minimum absolute atomic E-state index is 0.0886. The van der Waals surface area contributed by atoms with Crippen LogP contribution < -0.4 is 9.47 Å². The number of carboxylic acid groups (broad SMARTS) is 1. The summed E-state index contributed by atoms with van der Waals surface area (Å²) < 4.78 is 10.7. The molecule has 1 heterocycles. The van der Waals surface area contributed by atoms with Gasteiger partial charge in [-0.3, -0.25) is 0 Å². The van der Waals surface area contributed by atoms with Crippen molar-refractivity contribution < 1.29 is 19.4 Å². The SMILES string of the molecule is COc1ccc(OC)c(CC(C)(C)c2nc(C(=O)O)cs2)c1. The number of aromatic carboxylic acids is 1. The molecule has 0 aliphatic carbocycles. The van der Waals surface area contributed by atoms with Gasteiger partial charge in [0.25, 0.3) is 0 Å². The Morgan fingerprint density at radius 3 is 2.59 bits per heavy atom. The number of carbonyl (C=O) groups is 1. The lowest BCUT2D eigenvalue weighted by atomic mass is 9.86. The summed E-state index contributed by atoms with van der Waals surface area (Å²) in [5, 5.41) is 11.4. The summed E-state index contributed by atoms with van der Waals surface area (Å²) in [4.78, 5) is 15.2. The summed E-state index contributed by atoms with van der Waals surface area (Å²) >= 11 is 1.36. The molecule has 0 saturated carbocycles. The summed E-state index contributed by atoms with van der Waals surface area (Å²) in [7, 11) is 3.25. The molecular formula is C16H19NO4S. The first kappa shape index (κ1) is 16.3. The third-order valence-corrected chi connectivity index (χ3v) is 4.63. The lowest BCUT2D eigenvalue weighted by Gasteiger charge is -2.23.